The van der Waals surface area contributed by atoms with Gasteiger partial charge in [-0.3, -0.25) is 4.79 Å². The van der Waals surface area contributed by atoms with Crippen molar-refractivity contribution in [2.75, 3.05) is 0 Å². The Morgan fingerprint density at radius 2 is 2.08 bits per heavy atom. The second-order valence-corrected chi connectivity index (χ2v) is 7.32. The van der Waals surface area contributed by atoms with Gasteiger partial charge in [-0.15, -0.1) is 0 Å². The molecule has 0 aliphatic heterocycles. The van der Waals surface area contributed by atoms with Gasteiger partial charge in [-0.2, -0.15) is 5.10 Å². The van der Waals surface area contributed by atoms with Crippen LogP contribution in [-0.4, -0.2) is 36.9 Å². The Labute approximate surface area is 147 Å². The minimum Gasteiger partial charge on any atom is -0.352 e. The molecular weight excluding hydrogens is 341 g/mol. The summed E-state index contributed by atoms with van der Waals surface area (Å²) in [7, 11) is 0. The molecule has 0 unspecified atom stereocenters. The van der Waals surface area contributed by atoms with Gasteiger partial charge in [0.15, 0.2) is 5.65 Å². The number of nitrogens with one attached hydrogen (secondary N) is 1. The van der Waals surface area contributed by atoms with E-state index < -0.39 is 0 Å². The Morgan fingerprint density at radius 1 is 1.32 bits per heavy atom. The number of thioether (sulfide) groups is 1. The first kappa shape index (κ1) is 16.0. The van der Waals surface area contributed by atoms with Crippen LogP contribution in [0, 0.1) is 5.82 Å². The molecule has 2 heterocycles. The Bertz CT molecular complexity index is 922. The summed E-state index contributed by atoms with van der Waals surface area (Å²) in [6, 6.07) is 6.38. The van der Waals surface area contributed by atoms with Gasteiger partial charge in [-0.25, -0.2) is 19.0 Å². The van der Waals surface area contributed by atoms with E-state index in [-0.39, 0.29) is 17.0 Å². The van der Waals surface area contributed by atoms with Gasteiger partial charge in [0.05, 0.1) is 22.5 Å². The van der Waals surface area contributed by atoms with Crippen LogP contribution in [-0.2, 0) is 4.79 Å². The van der Waals surface area contributed by atoms with Gasteiger partial charge in [-0.1, -0.05) is 11.8 Å². The summed E-state index contributed by atoms with van der Waals surface area (Å²) in [4.78, 5) is 20.8. The van der Waals surface area contributed by atoms with E-state index in [1.54, 1.807) is 23.0 Å². The van der Waals surface area contributed by atoms with Crippen LogP contribution < -0.4 is 5.32 Å². The first-order valence-corrected chi connectivity index (χ1v) is 8.91. The van der Waals surface area contributed by atoms with Gasteiger partial charge in [0.1, 0.15) is 17.2 Å². The number of hydrogen-bond acceptors (Lipinski definition) is 5. The van der Waals surface area contributed by atoms with Crippen LogP contribution in [0.15, 0.2) is 41.8 Å². The SMILES string of the molecule is C[C@H](Sc1ncnc2c1cnn2-c1ccc(F)cc1)C(=O)NC1CC1. The standard InChI is InChI=1S/C17H16FN5OS/c1-10(16(24)22-12-4-5-12)25-17-14-8-21-23(15(14)19-9-20-17)13-6-2-11(18)3-7-13/h2-3,6-10,12H,4-5H2,1H3,(H,22,24)/t10-/m0/s1. The summed E-state index contributed by atoms with van der Waals surface area (Å²) < 4.78 is 14.8. The lowest BCUT2D eigenvalue weighted by atomic mass is 10.3. The molecule has 0 saturated heterocycles. The van der Waals surface area contributed by atoms with E-state index in [2.05, 4.69) is 20.4 Å². The molecule has 0 bridgehead atoms. The van der Waals surface area contributed by atoms with Crippen molar-refractivity contribution in [1.82, 2.24) is 25.1 Å². The van der Waals surface area contributed by atoms with Crippen molar-refractivity contribution in [1.29, 1.82) is 0 Å². The van der Waals surface area contributed by atoms with Crippen LogP contribution in [0.1, 0.15) is 19.8 Å². The van der Waals surface area contributed by atoms with Crippen molar-refractivity contribution in [3.05, 3.63) is 42.6 Å². The summed E-state index contributed by atoms with van der Waals surface area (Å²) in [5.74, 6) is -0.285. The highest BCUT2D eigenvalue weighted by Crippen LogP contribution is 2.29. The van der Waals surface area contributed by atoms with Gasteiger partial charge in [0.25, 0.3) is 0 Å². The molecule has 1 aliphatic rings. The molecule has 128 valence electrons. The number of halogens is 1. The number of nitrogens with zero attached hydrogens (tertiary/aromatic N) is 4. The van der Waals surface area contributed by atoms with Crippen molar-refractivity contribution in [3.8, 4) is 5.69 Å². The largest absolute Gasteiger partial charge is 0.352 e. The van der Waals surface area contributed by atoms with Crippen molar-refractivity contribution in [2.45, 2.75) is 36.1 Å². The highest BCUT2D eigenvalue weighted by atomic mass is 32.2. The van der Waals surface area contributed by atoms with E-state index in [1.165, 1.54) is 30.2 Å². The normalized spacial score (nSPS) is 15.3. The number of aromatic nitrogens is 4. The minimum absolute atomic E-state index is 0.0187. The topological polar surface area (TPSA) is 72.7 Å². The van der Waals surface area contributed by atoms with Crippen LogP contribution in [0.5, 0.6) is 0 Å². The molecule has 25 heavy (non-hydrogen) atoms. The molecule has 6 nitrogen and oxygen atoms in total. The van der Waals surface area contributed by atoms with E-state index in [0.29, 0.717) is 22.4 Å². The average Bonchev–Trinajstić information content (AvgIpc) is 3.31. The molecule has 1 amide bonds. The molecule has 1 aromatic carbocycles. The highest BCUT2D eigenvalue weighted by molar-refractivity contribution is 8.00. The monoisotopic (exact) mass is 357 g/mol. The number of hydrogen-bond donors (Lipinski definition) is 1. The lowest BCUT2D eigenvalue weighted by Gasteiger charge is -2.11. The second-order valence-electron chi connectivity index (χ2n) is 5.99. The third-order valence-electron chi connectivity index (χ3n) is 3.98. The smallest absolute Gasteiger partial charge is 0.233 e. The Morgan fingerprint density at radius 3 is 2.80 bits per heavy atom. The van der Waals surface area contributed by atoms with E-state index in [4.69, 9.17) is 0 Å². The summed E-state index contributed by atoms with van der Waals surface area (Å²) in [5.41, 5.74) is 1.34. The third-order valence-corrected chi connectivity index (χ3v) is 5.10. The predicted molar refractivity (Wildman–Crippen MR) is 93.1 cm³/mol. The van der Waals surface area contributed by atoms with Crippen LogP contribution in [0.3, 0.4) is 0 Å². The number of carbonyl (C=O) groups is 1. The summed E-state index contributed by atoms with van der Waals surface area (Å²) >= 11 is 1.39. The molecule has 0 spiro atoms. The quantitative estimate of drug-likeness (QED) is 0.561. The fraction of sp³-hybridized carbons (Fsp3) is 0.294. The molecule has 1 fully saturated rings. The van der Waals surface area contributed by atoms with E-state index in [1.807, 2.05) is 6.92 Å². The summed E-state index contributed by atoms with van der Waals surface area (Å²) in [6.07, 6.45) is 5.25. The molecule has 1 saturated carbocycles. The Balaban J connectivity index is 1.62. The van der Waals surface area contributed by atoms with Gasteiger partial charge in [0, 0.05) is 6.04 Å². The first-order valence-electron chi connectivity index (χ1n) is 8.03. The number of carbonyl (C=O) groups excluding carboxylic acids is 1. The molecule has 0 radical (unpaired) electrons. The maximum atomic E-state index is 13.1. The molecule has 8 heteroatoms. The van der Waals surface area contributed by atoms with E-state index in [0.717, 1.165) is 18.2 Å². The number of rotatable bonds is 5. The summed E-state index contributed by atoms with van der Waals surface area (Å²) in [5, 5.41) is 8.56. The molecule has 2 aromatic heterocycles. The molecule has 4 rings (SSSR count). The van der Waals surface area contributed by atoms with Gasteiger partial charge in [0.2, 0.25) is 5.91 Å². The fourth-order valence-electron chi connectivity index (χ4n) is 2.45. The van der Waals surface area contributed by atoms with Gasteiger partial charge >= 0.3 is 0 Å². The third kappa shape index (κ3) is 3.34. The Hall–Kier alpha value is -2.48. The lowest BCUT2D eigenvalue weighted by molar-refractivity contribution is -0.120. The fourth-order valence-corrected chi connectivity index (χ4v) is 3.34. The zero-order chi connectivity index (χ0) is 17.4. The average molecular weight is 357 g/mol. The van der Waals surface area contributed by atoms with Crippen molar-refractivity contribution in [2.24, 2.45) is 0 Å². The number of fused-ring (bicyclic) bond motifs is 1. The molecule has 1 atom stereocenters. The van der Waals surface area contributed by atoms with E-state index in [9.17, 15) is 9.18 Å². The number of amides is 1. The maximum absolute atomic E-state index is 13.1. The Kier molecular flexibility index (Phi) is 4.12. The molecule has 3 aromatic rings. The van der Waals surface area contributed by atoms with Crippen molar-refractivity contribution < 1.29 is 9.18 Å². The second kappa shape index (κ2) is 6.44. The van der Waals surface area contributed by atoms with Crippen LogP contribution in [0.2, 0.25) is 0 Å². The minimum atomic E-state index is -0.304. The van der Waals surface area contributed by atoms with Crippen LogP contribution in [0.4, 0.5) is 4.39 Å². The number of benzene rings is 1. The van der Waals surface area contributed by atoms with Crippen molar-refractivity contribution in [3.63, 3.8) is 0 Å². The van der Waals surface area contributed by atoms with Crippen molar-refractivity contribution >= 4 is 28.7 Å². The first-order chi connectivity index (χ1) is 12.1. The van der Waals surface area contributed by atoms with E-state index >= 15 is 0 Å². The molecular formula is C17H16FN5OS. The summed E-state index contributed by atoms with van der Waals surface area (Å²) in [6.45, 7) is 1.86. The van der Waals surface area contributed by atoms with Gasteiger partial charge < -0.3 is 5.32 Å². The zero-order valence-corrected chi connectivity index (χ0v) is 14.3. The van der Waals surface area contributed by atoms with Crippen LogP contribution >= 0.6 is 11.8 Å². The molecule has 1 N–H and O–H groups in total. The lowest BCUT2D eigenvalue weighted by Crippen LogP contribution is -2.32. The van der Waals surface area contributed by atoms with Gasteiger partial charge in [-0.05, 0) is 44.0 Å². The maximum Gasteiger partial charge on any atom is 0.233 e. The predicted octanol–water partition coefficient (Wildman–Crippen LogP) is 2.71. The van der Waals surface area contributed by atoms with Crippen LogP contribution in [0.25, 0.3) is 16.7 Å². The highest BCUT2D eigenvalue weighted by Gasteiger charge is 2.26. The zero-order valence-electron chi connectivity index (χ0n) is 13.5. The molecule has 1 aliphatic carbocycles.